The zero-order valence-corrected chi connectivity index (χ0v) is 6.38. The topological polar surface area (TPSA) is 26.3 Å². The number of carbonyl (C=O) groups is 1. The summed E-state index contributed by atoms with van der Waals surface area (Å²) in [5.41, 5.74) is 0. The van der Waals surface area contributed by atoms with Crippen LogP contribution in [-0.2, 0) is 4.74 Å². The molecule has 2 nitrogen and oxygen atoms in total. The van der Waals surface area contributed by atoms with Gasteiger partial charge in [0.2, 0.25) is 0 Å². The van der Waals surface area contributed by atoms with Crippen LogP contribution in [0.5, 0.6) is 0 Å². The second kappa shape index (κ2) is 3.46. The van der Waals surface area contributed by atoms with Gasteiger partial charge in [0, 0.05) is 0 Å². The third-order valence-electron chi connectivity index (χ3n) is 0.275. The zero-order chi connectivity index (χ0) is 4.99. The number of hydrogen-bond donors (Lipinski definition) is 0. The van der Waals surface area contributed by atoms with Crippen molar-refractivity contribution in [3.05, 3.63) is 0 Å². The fraction of sp³-hybridized carbons (Fsp3) is 0.667. The van der Waals surface area contributed by atoms with Gasteiger partial charge in [-0.15, -0.1) is 0 Å². The Labute approximate surface area is 50.0 Å². The molecule has 0 aromatic rings. The molecule has 0 N–H and O–H groups in total. The third-order valence-corrected chi connectivity index (χ3v) is 0.687. The molecule has 3 radical (unpaired) electrons. The molecule has 3 heteroatoms. The van der Waals surface area contributed by atoms with Gasteiger partial charge in [-0.3, -0.25) is 0 Å². The molecule has 0 aliphatic rings. The Morgan fingerprint density at radius 2 is 2.50 bits per heavy atom. The van der Waals surface area contributed by atoms with Crippen molar-refractivity contribution in [2.24, 2.45) is 0 Å². The fourth-order valence-corrected chi connectivity index (χ4v) is 0.543. The second-order valence-electron chi connectivity index (χ2n) is 0.720. The van der Waals surface area contributed by atoms with Crippen LogP contribution in [0.4, 0.5) is 4.79 Å². The SMILES string of the molecule is CCO[C](=O)[Sn]. The standard InChI is InChI=1S/C3H5O2.Sn/c1-2-5-3-4;/h2H2,1H3;. The summed E-state index contributed by atoms with van der Waals surface area (Å²) in [7, 11) is 0. The number of carbonyl (C=O) groups excluding carboxylic acids is 1. The van der Waals surface area contributed by atoms with Crippen LogP contribution in [-0.4, -0.2) is 33.1 Å². The molecule has 0 saturated heterocycles. The van der Waals surface area contributed by atoms with E-state index in [2.05, 4.69) is 4.74 Å². The second-order valence-corrected chi connectivity index (χ2v) is 1.89. The van der Waals surface area contributed by atoms with Crippen LogP contribution in [0, 0.1) is 0 Å². The van der Waals surface area contributed by atoms with Gasteiger partial charge in [0.15, 0.2) is 0 Å². The van der Waals surface area contributed by atoms with E-state index in [0.717, 1.165) is 22.5 Å². The molecule has 0 aromatic heterocycles. The molecule has 0 atom stereocenters. The Bertz CT molecular complexity index is 52.8. The first-order valence-corrected chi connectivity index (χ1v) is 3.08. The van der Waals surface area contributed by atoms with Gasteiger partial charge in [-0.2, -0.15) is 0 Å². The van der Waals surface area contributed by atoms with Crippen molar-refractivity contribution in [2.75, 3.05) is 6.61 Å². The summed E-state index contributed by atoms with van der Waals surface area (Å²) in [6.07, 6.45) is 0. The first-order valence-electron chi connectivity index (χ1n) is 1.65. The summed E-state index contributed by atoms with van der Waals surface area (Å²) >= 11 is 0.825. The summed E-state index contributed by atoms with van der Waals surface area (Å²) < 4.78 is 4.32. The quantitative estimate of drug-likeness (QED) is 0.558. The van der Waals surface area contributed by atoms with Gasteiger partial charge in [0.1, 0.15) is 0 Å². The van der Waals surface area contributed by atoms with Gasteiger partial charge in [0.25, 0.3) is 0 Å². The van der Waals surface area contributed by atoms with Crippen molar-refractivity contribution in [3.63, 3.8) is 0 Å². The molecule has 0 spiro atoms. The van der Waals surface area contributed by atoms with E-state index >= 15 is 0 Å². The maximum absolute atomic E-state index is 9.86. The molecular weight excluding hydrogens is 187 g/mol. The van der Waals surface area contributed by atoms with Gasteiger partial charge < -0.3 is 0 Å². The van der Waals surface area contributed by atoms with E-state index < -0.39 is 0 Å². The number of rotatable bonds is 1. The Balaban J connectivity index is 2.83. The van der Waals surface area contributed by atoms with Crippen molar-refractivity contribution >= 4 is 26.5 Å². The van der Waals surface area contributed by atoms with Crippen LogP contribution < -0.4 is 0 Å². The summed E-state index contributed by atoms with van der Waals surface area (Å²) in [6, 6.07) is 0. The molecule has 0 saturated carbocycles. The Kier molecular flexibility index (Phi) is 3.61. The summed E-state index contributed by atoms with van der Waals surface area (Å²) in [4.78, 5) is 9.86. The van der Waals surface area contributed by atoms with E-state index in [1.165, 1.54) is 0 Å². The predicted octanol–water partition coefficient (Wildman–Crippen LogP) is 0.311. The molecule has 0 aliphatic heterocycles. The molecule has 0 heterocycles. The summed E-state index contributed by atoms with van der Waals surface area (Å²) in [5.74, 6) is 0. The molecule has 0 aliphatic carbocycles. The first kappa shape index (κ1) is 6.27. The van der Waals surface area contributed by atoms with Crippen LogP contribution >= 0.6 is 0 Å². The summed E-state index contributed by atoms with van der Waals surface area (Å²) in [6.45, 7) is 2.30. The maximum atomic E-state index is 9.86. The van der Waals surface area contributed by atoms with Crippen LogP contribution in [0.15, 0.2) is 0 Å². The molecule has 0 amide bonds. The van der Waals surface area contributed by atoms with Crippen LogP contribution in [0.1, 0.15) is 6.92 Å². The molecule has 33 valence electrons. The van der Waals surface area contributed by atoms with Gasteiger partial charge in [-0.05, 0) is 0 Å². The van der Waals surface area contributed by atoms with Crippen LogP contribution in [0.25, 0.3) is 0 Å². The normalized spacial score (nSPS) is 7.67. The van der Waals surface area contributed by atoms with E-state index in [9.17, 15) is 4.79 Å². The van der Waals surface area contributed by atoms with Crippen molar-refractivity contribution in [2.45, 2.75) is 6.92 Å². The Morgan fingerprint density at radius 1 is 2.00 bits per heavy atom. The van der Waals surface area contributed by atoms with E-state index in [0.29, 0.717) is 6.61 Å². The Hall–Kier alpha value is 0.269. The minimum absolute atomic E-state index is 0.121. The van der Waals surface area contributed by atoms with Crippen molar-refractivity contribution in [3.8, 4) is 0 Å². The molecule has 0 aromatic carbocycles. The van der Waals surface area contributed by atoms with Gasteiger partial charge in [-0.1, -0.05) is 0 Å². The van der Waals surface area contributed by atoms with E-state index in [-0.39, 0.29) is 3.99 Å². The fourth-order valence-electron chi connectivity index (χ4n) is 0.131. The van der Waals surface area contributed by atoms with Gasteiger partial charge in [0.05, 0.1) is 0 Å². The predicted molar refractivity (Wildman–Crippen MR) is 22.8 cm³/mol. The molecule has 0 bridgehead atoms. The van der Waals surface area contributed by atoms with E-state index in [1.54, 1.807) is 6.92 Å². The first-order chi connectivity index (χ1) is 2.77. The average molecular weight is 192 g/mol. The Morgan fingerprint density at radius 3 is 2.50 bits per heavy atom. The van der Waals surface area contributed by atoms with Crippen LogP contribution in [0.2, 0.25) is 0 Å². The van der Waals surface area contributed by atoms with E-state index in [1.807, 2.05) is 0 Å². The summed E-state index contributed by atoms with van der Waals surface area (Å²) in [5, 5.41) is 0. The van der Waals surface area contributed by atoms with Crippen LogP contribution in [0.3, 0.4) is 0 Å². The number of ether oxygens (including phenoxy) is 1. The van der Waals surface area contributed by atoms with Crippen molar-refractivity contribution in [1.82, 2.24) is 0 Å². The zero-order valence-electron chi connectivity index (χ0n) is 3.52. The van der Waals surface area contributed by atoms with Gasteiger partial charge in [-0.25, -0.2) is 0 Å². The average Bonchev–Trinajstić information content (AvgIpc) is 1.35. The third kappa shape index (κ3) is 4.27. The van der Waals surface area contributed by atoms with Gasteiger partial charge >= 0.3 is 49.6 Å². The number of hydrogen-bond acceptors (Lipinski definition) is 2. The van der Waals surface area contributed by atoms with Crippen molar-refractivity contribution < 1.29 is 9.53 Å². The molecule has 0 unspecified atom stereocenters. The molecule has 0 fully saturated rings. The minimum atomic E-state index is -0.121. The molecular formula is C3H5O2Sn. The van der Waals surface area contributed by atoms with Crippen molar-refractivity contribution in [1.29, 1.82) is 0 Å². The molecule has 0 rings (SSSR count). The van der Waals surface area contributed by atoms with E-state index in [4.69, 9.17) is 0 Å². The monoisotopic (exact) mass is 193 g/mol. The molecule has 6 heavy (non-hydrogen) atoms.